The van der Waals surface area contributed by atoms with Crippen LogP contribution in [0.5, 0.6) is 11.5 Å². The van der Waals surface area contributed by atoms with Crippen molar-refractivity contribution in [1.82, 2.24) is 0 Å². The fourth-order valence-corrected chi connectivity index (χ4v) is 5.56. The molecule has 1 aromatic heterocycles. The molecule has 0 bridgehead atoms. The largest absolute Gasteiger partial charge is 0.497 e. The number of sulfonamides is 1. The summed E-state index contributed by atoms with van der Waals surface area (Å²) in [5, 5.41) is 0.454. The second-order valence-electron chi connectivity index (χ2n) is 5.65. The van der Waals surface area contributed by atoms with E-state index in [4.69, 9.17) is 14.2 Å². The predicted octanol–water partition coefficient (Wildman–Crippen LogP) is 3.90. The number of rotatable bonds is 7. The van der Waals surface area contributed by atoms with E-state index in [9.17, 15) is 13.2 Å². The van der Waals surface area contributed by atoms with Crippen molar-refractivity contribution in [2.24, 2.45) is 0 Å². The molecule has 0 fully saturated rings. The standard InChI is InChI=1S/C19H19NO6S2/c1-4-26-19(21)17-18(13-7-5-6-8-16(13)27-17)28(22,23)20-14-10-9-12(24-2)11-15(14)25-3/h5-11,20H,4H2,1-3H3. The van der Waals surface area contributed by atoms with Crippen LogP contribution in [0.25, 0.3) is 10.1 Å². The zero-order valence-corrected chi connectivity index (χ0v) is 17.1. The zero-order chi connectivity index (χ0) is 20.3. The first kappa shape index (κ1) is 20.0. The van der Waals surface area contributed by atoms with Crippen LogP contribution in [0.15, 0.2) is 47.4 Å². The summed E-state index contributed by atoms with van der Waals surface area (Å²) < 4.78 is 45.1. The van der Waals surface area contributed by atoms with Crippen LogP contribution in [0.2, 0.25) is 0 Å². The maximum atomic E-state index is 13.2. The molecule has 148 valence electrons. The first-order valence-electron chi connectivity index (χ1n) is 8.34. The van der Waals surface area contributed by atoms with Gasteiger partial charge in [-0.25, -0.2) is 13.2 Å². The number of hydrogen-bond acceptors (Lipinski definition) is 7. The Balaban J connectivity index is 2.13. The maximum absolute atomic E-state index is 13.2. The van der Waals surface area contributed by atoms with Gasteiger partial charge in [0.05, 0.1) is 26.5 Å². The lowest BCUT2D eigenvalue weighted by molar-refractivity contribution is 0.0528. The lowest BCUT2D eigenvalue weighted by Gasteiger charge is -2.13. The summed E-state index contributed by atoms with van der Waals surface area (Å²) in [6.45, 7) is 1.81. The van der Waals surface area contributed by atoms with Crippen LogP contribution in [0, 0.1) is 0 Å². The van der Waals surface area contributed by atoms with Crippen LogP contribution in [0.4, 0.5) is 5.69 Å². The molecule has 3 rings (SSSR count). The van der Waals surface area contributed by atoms with Gasteiger partial charge < -0.3 is 14.2 Å². The summed E-state index contributed by atoms with van der Waals surface area (Å²) in [4.78, 5) is 12.3. The molecular weight excluding hydrogens is 402 g/mol. The average Bonchev–Trinajstić information content (AvgIpc) is 3.09. The van der Waals surface area contributed by atoms with Gasteiger partial charge in [-0.3, -0.25) is 4.72 Å². The van der Waals surface area contributed by atoms with Gasteiger partial charge in [-0.15, -0.1) is 11.3 Å². The van der Waals surface area contributed by atoms with E-state index >= 15 is 0 Å². The molecule has 0 amide bonds. The highest BCUT2D eigenvalue weighted by atomic mass is 32.2. The second-order valence-corrected chi connectivity index (χ2v) is 8.32. The molecule has 3 aromatic rings. The molecule has 0 saturated carbocycles. The van der Waals surface area contributed by atoms with Gasteiger partial charge in [0.1, 0.15) is 21.3 Å². The predicted molar refractivity (Wildman–Crippen MR) is 108 cm³/mol. The second kappa shape index (κ2) is 8.07. The van der Waals surface area contributed by atoms with E-state index in [1.807, 2.05) is 0 Å². The molecule has 0 aliphatic heterocycles. The third-order valence-electron chi connectivity index (χ3n) is 3.93. The Hall–Kier alpha value is -2.78. The number of esters is 1. The molecule has 0 aliphatic carbocycles. The van der Waals surface area contributed by atoms with Gasteiger partial charge >= 0.3 is 5.97 Å². The molecule has 1 heterocycles. The van der Waals surface area contributed by atoms with E-state index in [-0.39, 0.29) is 22.1 Å². The lowest BCUT2D eigenvalue weighted by atomic mass is 10.2. The smallest absolute Gasteiger partial charge is 0.349 e. The molecule has 0 saturated heterocycles. The van der Waals surface area contributed by atoms with Gasteiger partial charge in [0, 0.05) is 16.2 Å². The number of anilines is 1. The van der Waals surface area contributed by atoms with Crippen molar-refractivity contribution in [3.05, 3.63) is 47.3 Å². The van der Waals surface area contributed by atoms with Gasteiger partial charge in [-0.05, 0) is 25.1 Å². The number of nitrogens with one attached hydrogen (secondary N) is 1. The SMILES string of the molecule is CCOC(=O)c1sc2ccccc2c1S(=O)(=O)Nc1ccc(OC)cc1OC. The Kier molecular flexibility index (Phi) is 5.76. The number of benzene rings is 2. The Morgan fingerprint density at radius 2 is 1.86 bits per heavy atom. The van der Waals surface area contributed by atoms with E-state index in [0.29, 0.717) is 21.6 Å². The topological polar surface area (TPSA) is 90.9 Å². The average molecular weight is 421 g/mol. The fourth-order valence-electron chi connectivity index (χ4n) is 2.70. The van der Waals surface area contributed by atoms with Crippen molar-refractivity contribution in [2.45, 2.75) is 11.8 Å². The van der Waals surface area contributed by atoms with Crippen LogP contribution in [0.1, 0.15) is 16.6 Å². The molecule has 0 unspecified atom stereocenters. The van der Waals surface area contributed by atoms with Crippen LogP contribution in [-0.2, 0) is 14.8 Å². The number of carbonyl (C=O) groups excluding carboxylic acids is 1. The highest BCUT2D eigenvalue weighted by Gasteiger charge is 2.30. The number of hydrogen-bond donors (Lipinski definition) is 1. The Bertz CT molecular complexity index is 1120. The minimum Gasteiger partial charge on any atom is -0.497 e. The third kappa shape index (κ3) is 3.76. The number of carbonyl (C=O) groups is 1. The van der Waals surface area contributed by atoms with Gasteiger partial charge in [0.25, 0.3) is 10.0 Å². The fraction of sp³-hybridized carbons (Fsp3) is 0.211. The Morgan fingerprint density at radius 3 is 2.54 bits per heavy atom. The Morgan fingerprint density at radius 1 is 1.11 bits per heavy atom. The highest BCUT2D eigenvalue weighted by molar-refractivity contribution is 7.93. The van der Waals surface area contributed by atoms with Gasteiger partial charge in [0.2, 0.25) is 0 Å². The van der Waals surface area contributed by atoms with Crippen molar-refractivity contribution in [2.75, 3.05) is 25.5 Å². The van der Waals surface area contributed by atoms with E-state index in [0.717, 1.165) is 11.3 Å². The van der Waals surface area contributed by atoms with Crippen LogP contribution < -0.4 is 14.2 Å². The summed E-state index contributed by atoms with van der Waals surface area (Å²) in [5.41, 5.74) is 0.230. The van der Waals surface area contributed by atoms with Gasteiger partial charge in [0.15, 0.2) is 0 Å². The molecule has 28 heavy (non-hydrogen) atoms. The van der Waals surface area contributed by atoms with Crippen molar-refractivity contribution >= 4 is 43.1 Å². The monoisotopic (exact) mass is 421 g/mol. The molecule has 0 radical (unpaired) electrons. The van der Waals surface area contributed by atoms with Crippen molar-refractivity contribution in [3.8, 4) is 11.5 Å². The molecular formula is C19H19NO6S2. The molecule has 7 nitrogen and oxygen atoms in total. The quantitative estimate of drug-likeness (QED) is 0.582. The minimum atomic E-state index is -4.10. The van der Waals surface area contributed by atoms with E-state index in [1.54, 1.807) is 43.3 Å². The van der Waals surface area contributed by atoms with E-state index in [2.05, 4.69) is 4.72 Å². The van der Waals surface area contributed by atoms with Crippen molar-refractivity contribution in [1.29, 1.82) is 0 Å². The molecule has 0 aliphatic rings. The number of thiophene rings is 1. The normalized spacial score (nSPS) is 11.2. The molecule has 9 heteroatoms. The number of methoxy groups -OCH3 is 2. The minimum absolute atomic E-state index is 0.0306. The first-order valence-corrected chi connectivity index (χ1v) is 10.6. The highest BCUT2D eigenvalue weighted by Crippen LogP contribution is 2.38. The van der Waals surface area contributed by atoms with Gasteiger partial charge in [-0.1, -0.05) is 18.2 Å². The third-order valence-corrected chi connectivity index (χ3v) is 6.66. The molecule has 2 aromatic carbocycles. The van der Waals surface area contributed by atoms with E-state index < -0.39 is 16.0 Å². The molecule has 1 N–H and O–H groups in total. The maximum Gasteiger partial charge on any atom is 0.349 e. The van der Waals surface area contributed by atoms with Crippen LogP contribution in [-0.4, -0.2) is 35.2 Å². The zero-order valence-electron chi connectivity index (χ0n) is 15.5. The summed E-state index contributed by atoms with van der Waals surface area (Å²) in [6, 6.07) is 11.6. The van der Waals surface area contributed by atoms with Crippen LogP contribution in [0.3, 0.4) is 0 Å². The van der Waals surface area contributed by atoms with Crippen LogP contribution >= 0.6 is 11.3 Å². The first-order chi connectivity index (χ1) is 13.4. The summed E-state index contributed by atoms with van der Waals surface area (Å²) in [6.07, 6.45) is 0. The van der Waals surface area contributed by atoms with Gasteiger partial charge in [-0.2, -0.15) is 0 Å². The number of fused-ring (bicyclic) bond motifs is 1. The van der Waals surface area contributed by atoms with E-state index in [1.165, 1.54) is 20.3 Å². The Labute approximate surface area is 166 Å². The summed E-state index contributed by atoms with van der Waals surface area (Å²) >= 11 is 1.08. The van der Waals surface area contributed by atoms with Crippen molar-refractivity contribution in [3.63, 3.8) is 0 Å². The van der Waals surface area contributed by atoms with Crippen molar-refractivity contribution < 1.29 is 27.4 Å². The summed E-state index contributed by atoms with van der Waals surface area (Å²) in [5.74, 6) is 0.138. The summed E-state index contributed by atoms with van der Waals surface area (Å²) in [7, 11) is -1.18. The molecule has 0 atom stereocenters. The number of ether oxygens (including phenoxy) is 3. The molecule has 0 spiro atoms. The lowest BCUT2D eigenvalue weighted by Crippen LogP contribution is -2.17.